The van der Waals surface area contributed by atoms with Gasteiger partial charge >= 0.3 is 0 Å². The standard InChI is InChI=1S/C60H109NO4/c1-8-9-10-11-12-13-14-15-16-17-18-19-20-21-22-23-40-63-48-54(47-61-39-25-29-50(4)46-61)65-44-27-42-62-41-26-43-64-53-35-37-59(6)52(45-53)31-32-55-57-34-33-56(51(5)30-24-28-49(2)3)60(57,7)38-36-58(55)59/h15-16,31,49-51,53-58H,8-14,17-30,32-48H2,1-7H3/t50?,51-,53+,54?,55+,56-,57+,58+,59+,60-/m1/s1. The maximum Gasteiger partial charge on any atom is 0.0934 e. The summed E-state index contributed by atoms with van der Waals surface area (Å²) in [5.41, 5.74) is 2.72. The third-order valence-corrected chi connectivity index (χ3v) is 18.1. The van der Waals surface area contributed by atoms with E-state index in [0.29, 0.717) is 23.5 Å². The lowest BCUT2D eigenvalue weighted by Crippen LogP contribution is -2.51. The molecule has 4 aliphatic carbocycles. The number of nitrogens with zero attached hydrogens (tertiary/aromatic N) is 1. The van der Waals surface area contributed by atoms with Gasteiger partial charge in [0.15, 0.2) is 0 Å². The van der Waals surface area contributed by atoms with Gasteiger partial charge in [-0.05, 0) is 168 Å². The number of unbranched alkanes of at least 4 members (excludes halogenated alkanes) is 12. The van der Waals surface area contributed by atoms with Crippen molar-refractivity contribution >= 4 is 0 Å². The first-order chi connectivity index (χ1) is 31.6. The molecule has 3 saturated carbocycles. The normalized spacial score (nSPS) is 30.4. The minimum Gasteiger partial charge on any atom is -0.381 e. The van der Waals surface area contributed by atoms with Crippen LogP contribution >= 0.6 is 0 Å². The monoisotopic (exact) mass is 908 g/mol. The predicted molar refractivity (Wildman–Crippen MR) is 278 cm³/mol. The lowest BCUT2D eigenvalue weighted by Gasteiger charge is -2.58. The molecule has 1 heterocycles. The highest BCUT2D eigenvalue weighted by atomic mass is 16.5. The van der Waals surface area contributed by atoms with Crippen molar-refractivity contribution in [2.45, 2.75) is 247 Å². The fraction of sp³-hybridized carbons (Fsp3) is 0.933. The van der Waals surface area contributed by atoms with E-state index in [2.05, 4.69) is 71.6 Å². The summed E-state index contributed by atoms with van der Waals surface area (Å²) in [6, 6.07) is 0. The summed E-state index contributed by atoms with van der Waals surface area (Å²) in [6.07, 6.45) is 46.7. The third kappa shape index (κ3) is 18.5. The summed E-state index contributed by atoms with van der Waals surface area (Å²) in [5, 5.41) is 0. The number of fused-ring (bicyclic) bond motifs is 5. The first kappa shape index (κ1) is 55.2. The lowest BCUT2D eigenvalue weighted by molar-refractivity contribution is -0.0651. The summed E-state index contributed by atoms with van der Waals surface area (Å²) < 4.78 is 25.4. The van der Waals surface area contributed by atoms with E-state index in [1.165, 1.54) is 180 Å². The quantitative estimate of drug-likeness (QED) is 0.0468. The molecule has 1 aliphatic heterocycles. The second-order valence-corrected chi connectivity index (χ2v) is 23.9. The molecule has 4 fully saturated rings. The van der Waals surface area contributed by atoms with Crippen LogP contribution in [0.3, 0.4) is 0 Å². The molecule has 0 aromatic heterocycles. The second kappa shape index (κ2) is 30.8. The third-order valence-electron chi connectivity index (χ3n) is 18.1. The smallest absolute Gasteiger partial charge is 0.0934 e. The largest absolute Gasteiger partial charge is 0.381 e. The maximum absolute atomic E-state index is 6.57. The van der Waals surface area contributed by atoms with Crippen LogP contribution in [0.15, 0.2) is 23.8 Å². The fourth-order valence-electron chi connectivity index (χ4n) is 14.3. The molecule has 378 valence electrons. The van der Waals surface area contributed by atoms with Crippen molar-refractivity contribution in [3.05, 3.63) is 23.8 Å². The highest BCUT2D eigenvalue weighted by Crippen LogP contribution is 2.67. The maximum atomic E-state index is 6.57. The number of likely N-dealkylation sites (tertiary alicyclic amines) is 1. The molecule has 0 N–H and O–H groups in total. The van der Waals surface area contributed by atoms with Crippen LogP contribution in [0.25, 0.3) is 0 Å². The van der Waals surface area contributed by atoms with Crippen molar-refractivity contribution in [1.82, 2.24) is 4.90 Å². The number of hydrogen-bond acceptors (Lipinski definition) is 5. The zero-order valence-corrected chi connectivity index (χ0v) is 44.4. The zero-order valence-electron chi connectivity index (χ0n) is 44.4. The van der Waals surface area contributed by atoms with E-state index in [4.69, 9.17) is 18.9 Å². The second-order valence-electron chi connectivity index (χ2n) is 23.9. The number of hydrogen-bond donors (Lipinski definition) is 0. The van der Waals surface area contributed by atoms with Gasteiger partial charge in [-0.25, -0.2) is 0 Å². The van der Waals surface area contributed by atoms with Crippen LogP contribution in [0.4, 0.5) is 0 Å². The van der Waals surface area contributed by atoms with Gasteiger partial charge in [-0.3, -0.25) is 0 Å². The minimum atomic E-state index is 0.150. The number of ether oxygens (including phenoxy) is 4. The highest BCUT2D eigenvalue weighted by Gasteiger charge is 2.59. The molecular formula is C60H109NO4. The van der Waals surface area contributed by atoms with E-state index in [1.54, 1.807) is 5.57 Å². The van der Waals surface area contributed by atoms with Gasteiger partial charge in [0.05, 0.1) is 18.8 Å². The Hall–Kier alpha value is -0.720. The molecule has 65 heavy (non-hydrogen) atoms. The van der Waals surface area contributed by atoms with Crippen LogP contribution in [0, 0.1) is 52.3 Å². The molecule has 0 spiro atoms. The van der Waals surface area contributed by atoms with Gasteiger partial charge in [-0.1, -0.05) is 149 Å². The van der Waals surface area contributed by atoms with Crippen LogP contribution < -0.4 is 0 Å². The van der Waals surface area contributed by atoms with E-state index in [-0.39, 0.29) is 6.10 Å². The summed E-state index contributed by atoms with van der Waals surface area (Å²) in [7, 11) is 0. The fourth-order valence-corrected chi connectivity index (χ4v) is 14.3. The number of piperidine rings is 1. The molecule has 1 saturated heterocycles. The van der Waals surface area contributed by atoms with Gasteiger partial charge in [-0.2, -0.15) is 0 Å². The van der Waals surface area contributed by atoms with Gasteiger partial charge in [0, 0.05) is 46.1 Å². The van der Waals surface area contributed by atoms with E-state index >= 15 is 0 Å². The Bertz CT molecular complexity index is 1300. The van der Waals surface area contributed by atoms with Crippen LogP contribution in [-0.4, -0.2) is 76.4 Å². The zero-order chi connectivity index (χ0) is 46.2. The Morgan fingerprint density at radius 2 is 1.42 bits per heavy atom. The SMILES string of the molecule is CCCCCCCCC=CCCCCCCCCOCC(CN1CCCC(C)C1)OCCCOCCCO[C@H]1CC[C@@]2(C)C(=CC[C@H]3[C@@H]4CC[C@H]([C@H](C)CCCC(C)C)[C@@]4(C)CC[C@@H]32)C1. The minimum absolute atomic E-state index is 0.150. The summed E-state index contributed by atoms with van der Waals surface area (Å²) >= 11 is 0. The Morgan fingerprint density at radius 3 is 2.15 bits per heavy atom. The molecule has 10 atom stereocenters. The van der Waals surface area contributed by atoms with Crippen LogP contribution in [0.2, 0.25) is 0 Å². The molecular weight excluding hydrogens is 799 g/mol. The Kier molecular flexibility index (Phi) is 26.2. The number of allylic oxidation sites excluding steroid dienone is 3. The molecule has 2 unspecified atom stereocenters. The predicted octanol–water partition coefficient (Wildman–Crippen LogP) is 16.4. The van der Waals surface area contributed by atoms with Crippen molar-refractivity contribution in [3.8, 4) is 0 Å². The van der Waals surface area contributed by atoms with Crippen LogP contribution in [0.5, 0.6) is 0 Å². The molecule has 5 heteroatoms. The first-order valence-electron chi connectivity index (χ1n) is 29.1. The summed E-state index contributed by atoms with van der Waals surface area (Å²) in [6.45, 7) is 25.5. The molecule has 0 aromatic carbocycles. The average Bonchev–Trinajstić information content (AvgIpc) is 3.65. The van der Waals surface area contributed by atoms with E-state index in [0.717, 1.165) is 100 Å². The van der Waals surface area contributed by atoms with Gasteiger partial charge in [0.2, 0.25) is 0 Å². The van der Waals surface area contributed by atoms with Crippen molar-refractivity contribution in [1.29, 1.82) is 0 Å². The van der Waals surface area contributed by atoms with Gasteiger partial charge in [0.25, 0.3) is 0 Å². The Labute approximate surface area is 404 Å². The van der Waals surface area contributed by atoms with Crippen LogP contribution in [0.1, 0.15) is 235 Å². The molecule has 0 radical (unpaired) electrons. The van der Waals surface area contributed by atoms with Crippen molar-refractivity contribution in [2.24, 2.45) is 52.3 Å². The first-order valence-corrected chi connectivity index (χ1v) is 29.1. The Balaban J connectivity index is 0.890. The summed E-state index contributed by atoms with van der Waals surface area (Å²) in [4.78, 5) is 2.61. The highest BCUT2D eigenvalue weighted by molar-refractivity contribution is 5.25. The Morgan fingerprint density at radius 1 is 0.708 bits per heavy atom. The molecule has 5 aliphatic rings. The van der Waals surface area contributed by atoms with Crippen molar-refractivity contribution in [2.75, 3.05) is 59.3 Å². The van der Waals surface area contributed by atoms with E-state index < -0.39 is 0 Å². The lowest BCUT2D eigenvalue weighted by atomic mass is 9.47. The topological polar surface area (TPSA) is 40.2 Å². The molecule has 5 rings (SSSR count). The van der Waals surface area contributed by atoms with Crippen molar-refractivity contribution < 1.29 is 18.9 Å². The van der Waals surface area contributed by atoms with E-state index in [9.17, 15) is 0 Å². The summed E-state index contributed by atoms with van der Waals surface area (Å²) in [5.74, 6) is 6.19. The van der Waals surface area contributed by atoms with Gasteiger partial charge < -0.3 is 23.8 Å². The van der Waals surface area contributed by atoms with E-state index in [1.807, 2.05) is 0 Å². The van der Waals surface area contributed by atoms with Gasteiger partial charge in [0.1, 0.15) is 0 Å². The number of rotatable bonds is 35. The molecule has 0 aromatic rings. The molecule has 0 bridgehead atoms. The van der Waals surface area contributed by atoms with Gasteiger partial charge in [-0.15, -0.1) is 0 Å². The van der Waals surface area contributed by atoms with Crippen molar-refractivity contribution in [3.63, 3.8) is 0 Å². The van der Waals surface area contributed by atoms with Crippen LogP contribution in [-0.2, 0) is 18.9 Å². The molecule has 5 nitrogen and oxygen atoms in total. The average molecular weight is 909 g/mol. The molecule has 0 amide bonds.